The molecule has 0 fully saturated rings. The molecule has 1 amide bonds. The maximum absolute atomic E-state index is 11.4. The van der Waals surface area contributed by atoms with E-state index >= 15 is 0 Å². The lowest BCUT2D eigenvalue weighted by Crippen LogP contribution is -2.10. The standard InChI is InChI=1S/C16H13N3O2/c1-10(20)17-16-13(11-5-3-2-4-6-11)9-12-7-8-14(21)18-15(12)19-16/h2-9H,1H3,(H2,17,18,19,20,21). The minimum absolute atomic E-state index is 0.211. The highest BCUT2D eigenvalue weighted by Gasteiger charge is 2.10. The monoisotopic (exact) mass is 279 g/mol. The van der Waals surface area contributed by atoms with Crippen molar-refractivity contribution in [1.82, 2.24) is 9.97 Å². The van der Waals surface area contributed by atoms with Gasteiger partial charge in [0, 0.05) is 23.9 Å². The largest absolute Gasteiger partial charge is 0.310 e. The van der Waals surface area contributed by atoms with Gasteiger partial charge in [0.25, 0.3) is 0 Å². The summed E-state index contributed by atoms with van der Waals surface area (Å²) in [5, 5.41) is 3.52. The number of carbonyl (C=O) groups is 1. The van der Waals surface area contributed by atoms with Crippen molar-refractivity contribution in [3.05, 3.63) is 58.9 Å². The molecular weight excluding hydrogens is 266 g/mol. The molecule has 0 aliphatic carbocycles. The van der Waals surface area contributed by atoms with Crippen molar-refractivity contribution >= 4 is 22.8 Å². The summed E-state index contributed by atoms with van der Waals surface area (Å²) in [4.78, 5) is 29.8. The van der Waals surface area contributed by atoms with Gasteiger partial charge in [0.15, 0.2) is 0 Å². The highest BCUT2D eigenvalue weighted by Crippen LogP contribution is 2.29. The number of anilines is 1. The Hall–Kier alpha value is -2.95. The molecule has 1 aromatic carbocycles. The fourth-order valence-corrected chi connectivity index (χ4v) is 2.18. The Labute approximate surface area is 120 Å². The third kappa shape index (κ3) is 2.67. The van der Waals surface area contributed by atoms with Gasteiger partial charge in [0.2, 0.25) is 11.5 Å². The van der Waals surface area contributed by atoms with Crippen LogP contribution in [0.5, 0.6) is 0 Å². The van der Waals surface area contributed by atoms with Crippen LogP contribution < -0.4 is 10.9 Å². The molecule has 21 heavy (non-hydrogen) atoms. The summed E-state index contributed by atoms with van der Waals surface area (Å²) in [6, 6.07) is 14.7. The van der Waals surface area contributed by atoms with E-state index in [0.29, 0.717) is 11.5 Å². The van der Waals surface area contributed by atoms with Gasteiger partial charge in [-0.15, -0.1) is 0 Å². The van der Waals surface area contributed by atoms with Crippen LogP contribution in [0.2, 0.25) is 0 Å². The van der Waals surface area contributed by atoms with Gasteiger partial charge >= 0.3 is 0 Å². The molecule has 0 radical (unpaired) electrons. The van der Waals surface area contributed by atoms with Gasteiger partial charge in [-0.2, -0.15) is 0 Å². The molecule has 0 aliphatic heterocycles. The zero-order chi connectivity index (χ0) is 14.8. The topological polar surface area (TPSA) is 74.8 Å². The van der Waals surface area contributed by atoms with Crippen LogP contribution in [0.25, 0.3) is 22.2 Å². The number of carbonyl (C=O) groups excluding carboxylic acids is 1. The minimum Gasteiger partial charge on any atom is -0.310 e. The van der Waals surface area contributed by atoms with E-state index in [2.05, 4.69) is 15.3 Å². The Morgan fingerprint density at radius 1 is 1.14 bits per heavy atom. The molecular formula is C16H13N3O2. The van der Waals surface area contributed by atoms with E-state index in [1.165, 1.54) is 13.0 Å². The quantitative estimate of drug-likeness (QED) is 0.757. The van der Waals surface area contributed by atoms with E-state index in [4.69, 9.17) is 0 Å². The van der Waals surface area contributed by atoms with Crippen molar-refractivity contribution in [2.45, 2.75) is 6.92 Å². The SMILES string of the molecule is CC(=O)Nc1nc2[nH]c(=O)ccc2cc1-c1ccccc1. The molecule has 2 N–H and O–H groups in total. The summed E-state index contributed by atoms with van der Waals surface area (Å²) in [5.74, 6) is 0.223. The van der Waals surface area contributed by atoms with Crippen molar-refractivity contribution in [3.63, 3.8) is 0 Å². The van der Waals surface area contributed by atoms with E-state index in [1.54, 1.807) is 6.07 Å². The number of fused-ring (bicyclic) bond motifs is 1. The number of rotatable bonds is 2. The number of hydrogen-bond donors (Lipinski definition) is 2. The number of nitrogens with one attached hydrogen (secondary N) is 2. The second kappa shape index (κ2) is 5.20. The molecule has 0 unspecified atom stereocenters. The van der Waals surface area contributed by atoms with Gasteiger partial charge in [-0.3, -0.25) is 9.59 Å². The van der Waals surface area contributed by atoms with Crippen molar-refractivity contribution in [3.8, 4) is 11.1 Å². The molecule has 5 nitrogen and oxygen atoms in total. The van der Waals surface area contributed by atoms with Crippen LogP contribution in [0.3, 0.4) is 0 Å². The Bertz CT molecular complexity index is 870. The van der Waals surface area contributed by atoms with Crippen LogP contribution >= 0.6 is 0 Å². The van der Waals surface area contributed by atoms with Gasteiger partial charge in [0.05, 0.1) is 0 Å². The van der Waals surface area contributed by atoms with Crippen LogP contribution in [0.1, 0.15) is 6.92 Å². The number of benzene rings is 1. The Balaban J connectivity index is 2.27. The molecule has 2 heterocycles. The first-order chi connectivity index (χ1) is 10.1. The molecule has 3 rings (SSSR count). The highest BCUT2D eigenvalue weighted by molar-refractivity contribution is 5.95. The molecule has 0 saturated carbocycles. The molecule has 0 spiro atoms. The van der Waals surface area contributed by atoms with E-state index in [1.807, 2.05) is 36.4 Å². The third-order valence-corrected chi connectivity index (χ3v) is 3.09. The smallest absolute Gasteiger partial charge is 0.249 e. The van der Waals surface area contributed by atoms with Gasteiger partial charge in [-0.05, 0) is 17.7 Å². The molecule has 0 aliphatic rings. The molecule has 104 valence electrons. The molecule has 0 saturated heterocycles. The Morgan fingerprint density at radius 2 is 1.90 bits per heavy atom. The number of hydrogen-bond acceptors (Lipinski definition) is 3. The van der Waals surface area contributed by atoms with E-state index in [9.17, 15) is 9.59 Å². The second-order valence-corrected chi connectivity index (χ2v) is 4.69. The molecule has 3 aromatic rings. The number of nitrogens with zero attached hydrogens (tertiary/aromatic N) is 1. The average molecular weight is 279 g/mol. The molecule has 2 aromatic heterocycles. The van der Waals surface area contributed by atoms with Crippen molar-refractivity contribution in [1.29, 1.82) is 0 Å². The maximum atomic E-state index is 11.4. The van der Waals surface area contributed by atoms with E-state index in [-0.39, 0.29) is 11.5 Å². The minimum atomic E-state index is -0.226. The average Bonchev–Trinajstić information content (AvgIpc) is 2.47. The van der Waals surface area contributed by atoms with Crippen molar-refractivity contribution in [2.75, 3.05) is 5.32 Å². The fraction of sp³-hybridized carbons (Fsp3) is 0.0625. The number of aromatic nitrogens is 2. The number of H-pyrrole nitrogens is 1. The zero-order valence-electron chi connectivity index (χ0n) is 11.4. The maximum Gasteiger partial charge on any atom is 0.249 e. The lowest BCUT2D eigenvalue weighted by molar-refractivity contribution is -0.114. The molecule has 0 atom stereocenters. The third-order valence-electron chi connectivity index (χ3n) is 3.09. The summed E-state index contributed by atoms with van der Waals surface area (Å²) >= 11 is 0. The van der Waals surface area contributed by atoms with Crippen LogP contribution in [-0.4, -0.2) is 15.9 Å². The predicted molar refractivity (Wildman–Crippen MR) is 82.1 cm³/mol. The first-order valence-corrected chi connectivity index (χ1v) is 6.50. The van der Waals surface area contributed by atoms with Gasteiger partial charge in [-0.25, -0.2) is 4.98 Å². The lowest BCUT2D eigenvalue weighted by Gasteiger charge is -2.10. The Kier molecular flexibility index (Phi) is 3.23. The first-order valence-electron chi connectivity index (χ1n) is 6.50. The highest BCUT2D eigenvalue weighted by atomic mass is 16.1. The van der Waals surface area contributed by atoms with Crippen molar-refractivity contribution < 1.29 is 4.79 Å². The Morgan fingerprint density at radius 3 is 2.62 bits per heavy atom. The van der Waals surface area contributed by atoms with Crippen LogP contribution in [0, 0.1) is 0 Å². The van der Waals surface area contributed by atoms with Crippen LogP contribution in [0.4, 0.5) is 5.82 Å². The van der Waals surface area contributed by atoms with E-state index in [0.717, 1.165) is 16.5 Å². The van der Waals surface area contributed by atoms with Crippen LogP contribution in [-0.2, 0) is 4.79 Å². The number of pyridine rings is 2. The van der Waals surface area contributed by atoms with E-state index < -0.39 is 0 Å². The normalized spacial score (nSPS) is 10.5. The summed E-state index contributed by atoms with van der Waals surface area (Å²) in [5.41, 5.74) is 1.98. The van der Waals surface area contributed by atoms with Gasteiger partial charge in [-0.1, -0.05) is 30.3 Å². The first kappa shape index (κ1) is 13.1. The summed E-state index contributed by atoms with van der Waals surface area (Å²) in [6.07, 6.45) is 0. The van der Waals surface area contributed by atoms with Gasteiger partial charge in [0.1, 0.15) is 11.5 Å². The molecule has 0 bridgehead atoms. The number of aromatic amines is 1. The van der Waals surface area contributed by atoms with Crippen LogP contribution in [0.15, 0.2) is 53.3 Å². The summed E-state index contributed by atoms with van der Waals surface area (Å²) < 4.78 is 0. The predicted octanol–water partition coefficient (Wildman–Crippen LogP) is 2.55. The summed E-state index contributed by atoms with van der Waals surface area (Å²) in [7, 11) is 0. The fourth-order valence-electron chi connectivity index (χ4n) is 2.18. The second-order valence-electron chi connectivity index (χ2n) is 4.69. The zero-order valence-corrected chi connectivity index (χ0v) is 11.4. The number of amides is 1. The van der Waals surface area contributed by atoms with Gasteiger partial charge < -0.3 is 10.3 Å². The summed E-state index contributed by atoms with van der Waals surface area (Å²) in [6.45, 7) is 1.42. The molecule has 5 heteroatoms. The van der Waals surface area contributed by atoms with Crippen molar-refractivity contribution in [2.24, 2.45) is 0 Å². The lowest BCUT2D eigenvalue weighted by atomic mass is 10.1.